The predicted octanol–water partition coefficient (Wildman–Crippen LogP) is 8.10. The highest BCUT2D eigenvalue weighted by Crippen LogP contribution is 2.29. The third kappa shape index (κ3) is 5.95. The molecule has 0 aliphatic rings. The van der Waals surface area contributed by atoms with Gasteiger partial charge in [-0.2, -0.15) is 0 Å². The maximum atomic E-state index is 14.1. The Hall–Kier alpha value is -4.37. The van der Waals surface area contributed by atoms with Crippen molar-refractivity contribution in [2.75, 3.05) is 13.2 Å². The van der Waals surface area contributed by atoms with Crippen molar-refractivity contribution in [2.45, 2.75) is 25.8 Å². The Morgan fingerprint density at radius 3 is 1.97 bits per heavy atom. The standard InChI is InChI=1S/C35H33NO2/c1-2-38-31-22-20-27(21-23-31)26-36(35(37)34-19-11-17-30-16-9-10-18-33(30)34)25-24-32(28-12-5-3-6-13-28)29-14-7-4-8-15-29/h3-23,32H,2,24-26H2,1H3. The van der Waals surface area contributed by atoms with Gasteiger partial charge in [0.15, 0.2) is 0 Å². The lowest BCUT2D eigenvalue weighted by Crippen LogP contribution is -2.32. The Morgan fingerprint density at radius 1 is 0.711 bits per heavy atom. The molecule has 0 heterocycles. The quantitative estimate of drug-likeness (QED) is 0.194. The average molecular weight is 500 g/mol. The molecule has 0 bridgehead atoms. The summed E-state index contributed by atoms with van der Waals surface area (Å²) in [6.07, 6.45) is 0.821. The summed E-state index contributed by atoms with van der Waals surface area (Å²) >= 11 is 0. The van der Waals surface area contributed by atoms with Crippen LogP contribution in [0, 0.1) is 0 Å². The van der Waals surface area contributed by atoms with Crippen LogP contribution in [0.4, 0.5) is 0 Å². The number of nitrogens with zero attached hydrogens (tertiary/aromatic N) is 1. The van der Waals surface area contributed by atoms with Crippen molar-refractivity contribution < 1.29 is 9.53 Å². The van der Waals surface area contributed by atoms with Crippen LogP contribution in [0.5, 0.6) is 5.75 Å². The van der Waals surface area contributed by atoms with Gasteiger partial charge in [-0.25, -0.2) is 0 Å². The van der Waals surface area contributed by atoms with Crippen LogP contribution in [-0.2, 0) is 6.54 Å². The monoisotopic (exact) mass is 499 g/mol. The number of carbonyl (C=O) groups excluding carboxylic acids is 1. The van der Waals surface area contributed by atoms with Gasteiger partial charge in [0, 0.05) is 24.6 Å². The molecular formula is C35H33NO2. The van der Waals surface area contributed by atoms with Gasteiger partial charge in [0.05, 0.1) is 6.61 Å². The van der Waals surface area contributed by atoms with E-state index in [4.69, 9.17) is 4.74 Å². The van der Waals surface area contributed by atoms with Crippen LogP contribution in [0.3, 0.4) is 0 Å². The van der Waals surface area contributed by atoms with E-state index in [-0.39, 0.29) is 11.8 Å². The molecule has 0 saturated carbocycles. The van der Waals surface area contributed by atoms with E-state index in [1.54, 1.807) is 0 Å². The molecule has 3 heteroatoms. The molecule has 190 valence electrons. The summed E-state index contributed by atoms with van der Waals surface area (Å²) in [5, 5.41) is 2.06. The number of hydrogen-bond acceptors (Lipinski definition) is 2. The minimum Gasteiger partial charge on any atom is -0.494 e. The van der Waals surface area contributed by atoms with Gasteiger partial charge in [0.2, 0.25) is 0 Å². The first-order valence-electron chi connectivity index (χ1n) is 13.3. The first-order chi connectivity index (χ1) is 18.7. The van der Waals surface area contributed by atoms with E-state index >= 15 is 0 Å². The zero-order valence-corrected chi connectivity index (χ0v) is 21.8. The summed E-state index contributed by atoms with van der Waals surface area (Å²) in [6.45, 7) is 3.77. The Balaban J connectivity index is 1.46. The molecule has 3 nitrogen and oxygen atoms in total. The first-order valence-corrected chi connectivity index (χ1v) is 13.3. The summed E-state index contributed by atoms with van der Waals surface area (Å²) in [4.78, 5) is 16.1. The molecular weight excluding hydrogens is 466 g/mol. The lowest BCUT2D eigenvalue weighted by molar-refractivity contribution is 0.0741. The Kier molecular flexibility index (Phi) is 8.15. The second-order valence-corrected chi connectivity index (χ2v) is 9.49. The fourth-order valence-electron chi connectivity index (χ4n) is 5.09. The average Bonchev–Trinajstić information content (AvgIpc) is 2.98. The fraction of sp³-hybridized carbons (Fsp3) is 0.171. The number of fused-ring (bicyclic) bond motifs is 1. The highest BCUT2D eigenvalue weighted by molar-refractivity contribution is 6.07. The van der Waals surface area contributed by atoms with Gasteiger partial charge in [-0.1, -0.05) is 109 Å². The molecule has 0 spiro atoms. The number of amides is 1. The van der Waals surface area contributed by atoms with Crippen molar-refractivity contribution in [1.29, 1.82) is 0 Å². The molecule has 0 aliphatic carbocycles. The lowest BCUT2D eigenvalue weighted by Gasteiger charge is -2.27. The van der Waals surface area contributed by atoms with Gasteiger partial charge in [-0.3, -0.25) is 4.79 Å². The predicted molar refractivity (Wildman–Crippen MR) is 156 cm³/mol. The van der Waals surface area contributed by atoms with Crippen molar-refractivity contribution >= 4 is 16.7 Å². The van der Waals surface area contributed by atoms with Crippen LogP contribution in [-0.4, -0.2) is 24.0 Å². The molecule has 0 unspecified atom stereocenters. The molecule has 5 rings (SSSR count). The molecule has 5 aromatic carbocycles. The molecule has 0 fully saturated rings. The summed E-state index contributed by atoms with van der Waals surface area (Å²) in [7, 11) is 0. The SMILES string of the molecule is CCOc1ccc(CN(CCC(c2ccccc2)c2ccccc2)C(=O)c2cccc3ccccc23)cc1. The summed E-state index contributed by atoms with van der Waals surface area (Å²) in [6, 6.07) is 43.3. The van der Waals surface area contributed by atoms with Crippen molar-refractivity contribution in [3.8, 4) is 5.75 Å². The van der Waals surface area contributed by atoms with Crippen LogP contribution in [0.1, 0.15) is 46.3 Å². The lowest BCUT2D eigenvalue weighted by atomic mass is 9.88. The van der Waals surface area contributed by atoms with Crippen LogP contribution >= 0.6 is 0 Å². The molecule has 5 aromatic rings. The molecule has 38 heavy (non-hydrogen) atoms. The Morgan fingerprint density at radius 2 is 1.32 bits per heavy atom. The van der Waals surface area contributed by atoms with Crippen LogP contribution in [0.15, 0.2) is 127 Å². The molecule has 0 radical (unpaired) electrons. The summed E-state index contributed by atoms with van der Waals surface area (Å²) in [5.74, 6) is 1.09. The van der Waals surface area contributed by atoms with Crippen LogP contribution < -0.4 is 4.74 Å². The fourth-order valence-corrected chi connectivity index (χ4v) is 5.09. The third-order valence-corrected chi connectivity index (χ3v) is 7.01. The van der Waals surface area contributed by atoms with Gasteiger partial charge < -0.3 is 9.64 Å². The largest absolute Gasteiger partial charge is 0.494 e. The topological polar surface area (TPSA) is 29.5 Å². The van der Waals surface area contributed by atoms with E-state index in [1.807, 2.05) is 66.4 Å². The first kappa shape index (κ1) is 25.3. The van der Waals surface area contributed by atoms with E-state index < -0.39 is 0 Å². The minimum absolute atomic E-state index is 0.0514. The zero-order valence-electron chi connectivity index (χ0n) is 21.8. The van der Waals surface area contributed by atoms with Gasteiger partial charge in [0.25, 0.3) is 5.91 Å². The van der Waals surface area contributed by atoms with Crippen molar-refractivity contribution in [2.24, 2.45) is 0 Å². The Labute approximate surface area is 225 Å². The molecule has 0 saturated heterocycles. The smallest absolute Gasteiger partial charge is 0.254 e. The number of benzene rings is 5. The van der Waals surface area contributed by atoms with E-state index in [1.165, 1.54) is 11.1 Å². The van der Waals surface area contributed by atoms with Crippen LogP contribution in [0.2, 0.25) is 0 Å². The van der Waals surface area contributed by atoms with E-state index in [0.29, 0.717) is 19.7 Å². The zero-order chi connectivity index (χ0) is 26.2. The van der Waals surface area contributed by atoms with E-state index in [2.05, 4.69) is 72.8 Å². The van der Waals surface area contributed by atoms with Crippen molar-refractivity contribution in [3.05, 3.63) is 150 Å². The van der Waals surface area contributed by atoms with E-state index in [0.717, 1.165) is 34.1 Å². The number of rotatable bonds is 10. The molecule has 0 aromatic heterocycles. The van der Waals surface area contributed by atoms with Gasteiger partial charge in [0.1, 0.15) is 5.75 Å². The summed E-state index contributed by atoms with van der Waals surface area (Å²) in [5.41, 5.74) is 4.35. The number of carbonyl (C=O) groups is 1. The van der Waals surface area contributed by atoms with Gasteiger partial charge in [-0.15, -0.1) is 0 Å². The summed E-state index contributed by atoms with van der Waals surface area (Å²) < 4.78 is 5.63. The molecule has 1 amide bonds. The molecule has 0 atom stereocenters. The highest BCUT2D eigenvalue weighted by atomic mass is 16.5. The normalized spacial score (nSPS) is 11.0. The number of hydrogen-bond donors (Lipinski definition) is 0. The third-order valence-electron chi connectivity index (χ3n) is 7.01. The van der Waals surface area contributed by atoms with Gasteiger partial charge >= 0.3 is 0 Å². The Bertz CT molecular complexity index is 1420. The minimum atomic E-state index is 0.0514. The van der Waals surface area contributed by atoms with Crippen molar-refractivity contribution in [1.82, 2.24) is 4.90 Å². The van der Waals surface area contributed by atoms with Crippen LogP contribution in [0.25, 0.3) is 10.8 Å². The molecule has 0 N–H and O–H groups in total. The van der Waals surface area contributed by atoms with E-state index in [9.17, 15) is 4.79 Å². The molecule has 0 aliphatic heterocycles. The highest BCUT2D eigenvalue weighted by Gasteiger charge is 2.22. The maximum absolute atomic E-state index is 14.1. The maximum Gasteiger partial charge on any atom is 0.254 e. The second-order valence-electron chi connectivity index (χ2n) is 9.49. The number of ether oxygens (including phenoxy) is 1. The van der Waals surface area contributed by atoms with Gasteiger partial charge in [-0.05, 0) is 59.0 Å². The second kappa shape index (κ2) is 12.2. The van der Waals surface area contributed by atoms with Crippen molar-refractivity contribution in [3.63, 3.8) is 0 Å².